The highest BCUT2D eigenvalue weighted by Crippen LogP contribution is 2.22. The third kappa shape index (κ3) is 5.20. The molecular formula is C19H22BrN5O3S. The van der Waals surface area contributed by atoms with Crippen LogP contribution in [0.3, 0.4) is 0 Å². The molecule has 2 heterocycles. The van der Waals surface area contributed by atoms with E-state index in [-0.39, 0.29) is 16.4 Å². The summed E-state index contributed by atoms with van der Waals surface area (Å²) in [7, 11) is -3.74. The minimum absolute atomic E-state index is 0.0317. The summed E-state index contributed by atoms with van der Waals surface area (Å²) in [6.45, 7) is 5.60. The molecule has 154 valence electrons. The van der Waals surface area contributed by atoms with Crippen molar-refractivity contribution in [1.29, 1.82) is 0 Å². The van der Waals surface area contributed by atoms with Crippen molar-refractivity contribution >= 4 is 37.5 Å². The van der Waals surface area contributed by atoms with E-state index in [9.17, 15) is 13.2 Å². The number of nitrogens with one attached hydrogen (secondary N) is 2. The van der Waals surface area contributed by atoms with Gasteiger partial charge in [-0.15, -0.1) is 10.2 Å². The van der Waals surface area contributed by atoms with Crippen LogP contribution in [0.25, 0.3) is 5.65 Å². The van der Waals surface area contributed by atoms with Crippen LogP contribution in [0.1, 0.15) is 37.0 Å². The number of pyridine rings is 1. The van der Waals surface area contributed by atoms with E-state index in [0.29, 0.717) is 17.4 Å². The van der Waals surface area contributed by atoms with Gasteiger partial charge >= 0.3 is 0 Å². The van der Waals surface area contributed by atoms with Gasteiger partial charge in [-0.05, 0) is 67.0 Å². The Hall–Kier alpha value is -2.30. The van der Waals surface area contributed by atoms with Crippen LogP contribution in [-0.4, -0.2) is 41.0 Å². The molecule has 0 bridgehead atoms. The summed E-state index contributed by atoms with van der Waals surface area (Å²) in [6, 6.07) is 9.98. The lowest BCUT2D eigenvalue weighted by atomic mass is 10.1. The molecule has 0 unspecified atom stereocenters. The molecule has 3 rings (SSSR count). The number of halogens is 1. The van der Waals surface area contributed by atoms with Gasteiger partial charge in [0.05, 0.1) is 10.5 Å². The van der Waals surface area contributed by atoms with Crippen LogP contribution in [0.2, 0.25) is 0 Å². The summed E-state index contributed by atoms with van der Waals surface area (Å²) in [6.07, 6.45) is 2.34. The van der Waals surface area contributed by atoms with Gasteiger partial charge in [0.25, 0.3) is 5.91 Å². The zero-order chi connectivity index (χ0) is 21.2. The quantitative estimate of drug-likeness (QED) is 0.564. The number of benzene rings is 1. The lowest BCUT2D eigenvalue weighted by Gasteiger charge is -2.20. The van der Waals surface area contributed by atoms with Crippen molar-refractivity contribution in [3.63, 3.8) is 0 Å². The van der Waals surface area contributed by atoms with E-state index in [0.717, 1.165) is 11.5 Å². The highest BCUT2D eigenvalue weighted by Gasteiger charge is 2.23. The lowest BCUT2D eigenvalue weighted by Crippen LogP contribution is -2.40. The third-order valence-corrected chi connectivity index (χ3v) is 6.40. The first-order valence-electron chi connectivity index (χ1n) is 8.97. The number of amides is 1. The van der Waals surface area contributed by atoms with Crippen molar-refractivity contribution in [2.45, 2.75) is 37.6 Å². The second-order valence-corrected chi connectivity index (χ2v) is 10.1. The molecule has 0 atom stereocenters. The zero-order valence-corrected chi connectivity index (χ0v) is 18.7. The number of aromatic nitrogens is 3. The third-order valence-electron chi connectivity index (χ3n) is 3.95. The normalized spacial score (nSPS) is 12.3. The molecule has 0 radical (unpaired) electrons. The van der Waals surface area contributed by atoms with Crippen LogP contribution in [0.15, 0.2) is 52.0 Å². The van der Waals surface area contributed by atoms with E-state index in [1.54, 1.807) is 26.8 Å². The molecule has 8 nitrogen and oxygen atoms in total. The Labute approximate surface area is 177 Å². The number of nitrogens with zero attached hydrogens (tertiary/aromatic N) is 3. The van der Waals surface area contributed by atoms with Crippen molar-refractivity contribution in [3.8, 4) is 0 Å². The van der Waals surface area contributed by atoms with Crippen molar-refractivity contribution in [1.82, 2.24) is 24.6 Å². The number of sulfonamides is 1. The molecule has 1 amide bonds. The van der Waals surface area contributed by atoms with Crippen molar-refractivity contribution in [3.05, 3.63) is 58.5 Å². The van der Waals surface area contributed by atoms with Crippen LogP contribution < -0.4 is 10.0 Å². The van der Waals surface area contributed by atoms with Gasteiger partial charge in [-0.2, -0.15) is 0 Å². The number of carbonyl (C=O) groups excluding carboxylic acids is 1. The van der Waals surface area contributed by atoms with Gasteiger partial charge in [0.1, 0.15) is 5.82 Å². The number of fused-ring (bicyclic) bond motifs is 1. The van der Waals surface area contributed by atoms with Gasteiger partial charge in [0.15, 0.2) is 5.65 Å². The SMILES string of the molecule is CC(C)(C)NS(=O)(=O)c1ccc(Br)c(C(=O)NCCc2nnc3ccccn23)c1. The van der Waals surface area contributed by atoms with E-state index < -0.39 is 15.6 Å². The van der Waals surface area contributed by atoms with Crippen molar-refractivity contribution in [2.24, 2.45) is 0 Å². The summed E-state index contributed by atoms with van der Waals surface area (Å²) in [4.78, 5) is 12.7. The first-order chi connectivity index (χ1) is 13.6. The van der Waals surface area contributed by atoms with Crippen LogP contribution in [0, 0.1) is 0 Å². The van der Waals surface area contributed by atoms with E-state index in [2.05, 4.69) is 36.2 Å². The summed E-state index contributed by atoms with van der Waals surface area (Å²) >= 11 is 3.32. The lowest BCUT2D eigenvalue weighted by molar-refractivity contribution is 0.0953. The molecule has 2 aromatic heterocycles. The molecule has 0 fully saturated rings. The molecular weight excluding hydrogens is 458 g/mol. The van der Waals surface area contributed by atoms with E-state index in [1.165, 1.54) is 12.1 Å². The Balaban J connectivity index is 1.72. The Kier molecular flexibility index (Phi) is 6.06. The Morgan fingerprint density at radius 3 is 2.66 bits per heavy atom. The molecule has 0 saturated carbocycles. The molecule has 10 heteroatoms. The van der Waals surface area contributed by atoms with Gasteiger partial charge in [-0.25, -0.2) is 13.1 Å². The summed E-state index contributed by atoms with van der Waals surface area (Å²) < 4.78 is 30.1. The van der Waals surface area contributed by atoms with Gasteiger partial charge in [0, 0.05) is 29.2 Å². The number of carbonyl (C=O) groups is 1. The summed E-state index contributed by atoms with van der Waals surface area (Å²) in [5, 5.41) is 11.0. The molecule has 0 spiro atoms. The highest BCUT2D eigenvalue weighted by atomic mass is 79.9. The fourth-order valence-corrected chi connectivity index (χ4v) is 4.62. The fourth-order valence-electron chi connectivity index (χ4n) is 2.75. The monoisotopic (exact) mass is 479 g/mol. The molecule has 0 aliphatic rings. The first-order valence-corrected chi connectivity index (χ1v) is 11.2. The van der Waals surface area contributed by atoms with Gasteiger partial charge in [0.2, 0.25) is 10.0 Å². The molecule has 29 heavy (non-hydrogen) atoms. The molecule has 3 aromatic rings. The zero-order valence-electron chi connectivity index (χ0n) is 16.3. The minimum atomic E-state index is -3.74. The topological polar surface area (TPSA) is 105 Å². The van der Waals surface area contributed by atoms with Crippen LogP contribution >= 0.6 is 15.9 Å². The maximum absolute atomic E-state index is 12.6. The average Bonchev–Trinajstić information content (AvgIpc) is 3.03. The smallest absolute Gasteiger partial charge is 0.252 e. The van der Waals surface area contributed by atoms with Crippen molar-refractivity contribution in [2.75, 3.05) is 6.54 Å². The second-order valence-electron chi connectivity index (χ2n) is 7.55. The Morgan fingerprint density at radius 1 is 1.17 bits per heavy atom. The fraction of sp³-hybridized carbons (Fsp3) is 0.316. The van der Waals surface area contributed by atoms with Gasteiger partial charge in [-0.3, -0.25) is 9.20 Å². The van der Waals surface area contributed by atoms with Crippen LogP contribution in [0.5, 0.6) is 0 Å². The second kappa shape index (κ2) is 8.21. The van der Waals surface area contributed by atoms with E-state index in [4.69, 9.17) is 0 Å². The maximum atomic E-state index is 12.6. The molecule has 0 aliphatic carbocycles. The predicted molar refractivity (Wildman–Crippen MR) is 113 cm³/mol. The van der Waals surface area contributed by atoms with Crippen molar-refractivity contribution < 1.29 is 13.2 Å². The van der Waals surface area contributed by atoms with E-state index in [1.807, 2.05) is 28.8 Å². The largest absolute Gasteiger partial charge is 0.352 e. The molecule has 0 saturated heterocycles. The molecule has 0 aliphatic heterocycles. The number of hydrogen-bond acceptors (Lipinski definition) is 5. The molecule has 2 N–H and O–H groups in total. The van der Waals surface area contributed by atoms with Crippen LogP contribution in [0.4, 0.5) is 0 Å². The Bertz CT molecular complexity index is 1150. The molecule has 1 aromatic carbocycles. The predicted octanol–water partition coefficient (Wildman–Crippen LogP) is 2.54. The highest BCUT2D eigenvalue weighted by molar-refractivity contribution is 9.10. The summed E-state index contributed by atoms with van der Waals surface area (Å²) in [5.74, 6) is 0.351. The van der Waals surface area contributed by atoms with Crippen LogP contribution in [-0.2, 0) is 16.4 Å². The average molecular weight is 480 g/mol. The summed E-state index contributed by atoms with van der Waals surface area (Å²) in [5.41, 5.74) is 0.351. The Morgan fingerprint density at radius 2 is 1.93 bits per heavy atom. The van der Waals surface area contributed by atoms with Gasteiger partial charge in [-0.1, -0.05) is 6.07 Å². The number of hydrogen-bond donors (Lipinski definition) is 2. The van der Waals surface area contributed by atoms with Gasteiger partial charge < -0.3 is 5.32 Å². The first kappa shape index (κ1) is 21.4. The number of rotatable bonds is 6. The maximum Gasteiger partial charge on any atom is 0.252 e. The van der Waals surface area contributed by atoms with E-state index >= 15 is 0 Å². The minimum Gasteiger partial charge on any atom is -0.352 e. The standard InChI is InChI=1S/C19H22BrN5O3S/c1-19(2,3)24-29(27,28)13-7-8-15(20)14(12-13)18(26)21-10-9-17-23-22-16-6-4-5-11-25(16)17/h4-8,11-12,24H,9-10H2,1-3H3,(H,21,26).